The topological polar surface area (TPSA) is 30.2 Å². The summed E-state index contributed by atoms with van der Waals surface area (Å²) in [6.45, 7) is 4.07. The smallest absolute Gasteiger partial charge is 0.0672 e. The quantitative estimate of drug-likeness (QED) is 0.678. The van der Waals surface area contributed by atoms with Crippen molar-refractivity contribution in [2.24, 2.45) is 12.0 Å². The van der Waals surface area contributed by atoms with Crippen LogP contribution < -0.4 is 0 Å². The van der Waals surface area contributed by atoms with Crippen LogP contribution in [0.4, 0.5) is 0 Å². The first-order chi connectivity index (χ1) is 8.16. The first-order valence-corrected chi connectivity index (χ1v) is 5.81. The highest BCUT2D eigenvalue weighted by molar-refractivity contribution is 5.95. The summed E-state index contributed by atoms with van der Waals surface area (Å²) in [6, 6.07) is 2.16. The third-order valence-corrected chi connectivity index (χ3v) is 3.37. The van der Waals surface area contributed by atoms with Gasteiger partial charge in [-0.15, -0.1) is 0 Å². The Labute approximate surface area is 101 Å². The predicted octanol–water partition coefficient (Wildman–Crippen LogP) is 2.76. The number of aliphatic imine (C=N–C) groups is 1. The van der Waals surface area contributed by atoms with Gasteiger partial charge >= 0.3 is 0 Å². The van der Waals surface area contributed by atoms with Gasteiger partial charge in [-0.2, -0.15) is 0 Å². The average molecular weight is 225 g/mol. The van der Waals surface area contributed by atoms with Gasteiger partial charge in [-0.05, 0) is 31.9 Å². The number of nitrogens with zero attached hydrogens (tertiary/aromatic N) is 3. The average Bonchev–Trinajstić information content (AvgIpc) is 2.46. The second kappa shape index (κ2) is 3.55. The van der Waals surface area contributed by atoms with Gasteiger partial charge in [0.1, 0.15) is 0 Å². The second-order valence-corrected chi connectivity index (χ2v) is 4.57. The molecule has 3 rings (SSSR count). The molecule has 0 N–H and O–H groups in total. The molecule has 0 amide bonds. The Morgan fingerprint density at radius 3 is 2.94 bits per heavy atom. The predicted molar refractivity (Wildman–Crippen MR) is 70.5 cm³/mol. The molecule has 0 bridgehead atoms. The molecule has 0 aliphatic carbocycles. The van der Waals surface area contributed by atoms with Gasteiger partial charge in [0.05, 0.1) is 23.6 Å². The summed E-state index contributed by atoms with van der Waals surface area (Å²) in [5.74, 6) is 0. The van der Waals surface area contributed by atoms with Crippen LogP contribution in [0.15, 0.2) is 29.0 Å². The molecule has 0 fully saturated rings. The Morgan fingerprint density at radius 2 is 2.12 bits per heavy atom. The van der Waals surface area contributed by atoms with E-state index >= 15 is 0 Å². The molecule has 3 nitrogen and oxygen atoms in total. The van der Waals surface area contributed by atoms with Gasteiger partial charge in [-0.3, -0.25) is 9.98 Å². The monoisotopic (exact) mass is 225 g/mol. The van der Waals surface area contributed by atoms with Gasteiger partial charge in [0, 0.05) is 23.8 Å². The normalized spacial score (nSPS) is 14.6. The largest absolute Gasteiger partial charge is 0.341 e. The first-order valence-electron chi connectivity index (χ1n) is 5.81. The molecule has 3 heterocycles. The lowest BCUT2D eigenvalue weighted by Gasteiger charge is -1.98. The maximum atomic E-state index is 4.44. The zero-order valence-corrected chi connectivity index (χ0v) is 10.4. The third kappa shape index (κ3) is 1.50. The number of rotatable bonds is 0. The van der Waals surface area contributed by atoms with Crippen molar-refractivity contribution in [2.45, 2.75) is 20.3 Å². The number of aryl methyl sites for hydroxylation is 2. The molecule has 1 aliphatic heterocycles. The summed E-state index contributed by atoms with van der Waals surface area (Å²) in [5.41, 5.74) is 5.88. The van der Waals surface area contributed by atoms with Crippen LogP contribution in [0.1, 0.15) is 23.9 Å². The van der Waals surface area contributed by atoms with E-state index in [0.29, 0.717) is 0 Å². The lowest BCUT2D eigenvalue weighted by Crippen LogP contribution is -1.96. The molecular formula is C14H15N3. The molecule has 1 aliphatic rings. The SMILES string of the molecule is CC1=CCc2c(n(C)c3cnc(C)cc23)C=N1. The zero-order valence-electron chi connectivity index (χ0n) is 10.4. The fourth-order valence-electron chi connectivity index (χ4n) is 2.38. The molecular weight excluding hydrogens is 210 g/mol. The molecule has 0 unspecified atom stereocenters. The number of pyridine rings is 1. The van der Waals surface area contributed by atoms with E-state index in [1.54, 1.807) is 0 Å². The molecule has 86 valence electrons. The van der Waals surface area contributed by atoms with Crippen LogP contribution in [0.2, 0.25) is 0 Å². The van der Waals surface area contributed by atoms with Gasteiger partial charge in [-0.25, -0.2) is 0 Å². The van der Waals surface area contributed by atoms with Gasteiger partial charge in [-0.1, -0.05) is 6.08 Å². The van der Waals surface area contributed by atoms with Crippen molar-refractivity contribution in [3.8, 4) is 0 Å². The minimum absolute atomic E-state index is 0.946. The van der Waals surface area contributed by atoms with Crippen molar-refractivity contribution in [3.05, 3.63) is 41.0 Å². The Hall–Kier alpha value is -1.90. The Morgan fingerprint density at radius 1 is 1.29 bits per heavy atom. The number of hydrogen-bond acceptors (Lipinski definition) is 2. The lowest BCUT2D eigenvalue weighted by molar-refractivity contribution is 0.946. The molecule has 0 saturated carbocycles. The highest BCUT2D eigenvalue weighted by Crippen LogP contribution is 2.27. The highest BCUT2D eigenvalue weighted by Gasteiger charge is 2.14. The van der Waals surface area contributed by atoms with Crippen LogP contribution >= 0.6 is 0 Å². The van der Waals surface area contributed by atoms with Crippen LogP contribution in [0.5, 0.6) is 0 Å². The van der Waals surface area contributed by atoms with Gasteiger partial charge in [0.25, 0.3) is 0 Å². The summed E-state index contributed by atoms with van der Waals surface area (Å²) in [4.78, 5) is 8.81. The fraction of sp³-hybridized carbons (Fsp3) is 0.286. The fourth-order valence-corrected chi connectivity index (χ4v) is 2.38. The van der Waals surface area contributed by atoms with E-state index in [1.807, 2.05) is 26.3 Å². The summed E-state index contributed by atoms with van der Waals surface area (Å²) < 4.78 is 2.17. The molecule has 3 heteroatoms. The number of fused-ring (bicyclic) bond motifs is 3. The minimum Gasteiger partial charge on any atom is -0.341 e. The Balaban J connectivity index is 2.37. The van der Waals surface area contributed by atoms with E-state index in [2.05, 4.69) is 33.7 Å². The van der Waals surface area contributed by atoms with E-state index in [0.717, 1.165) is 17.8 Å². The number of hydrogen-bond donors (Lipinski definition) is 0. The van der Waals surface area contributed by atoms with Crippen molar-refractivity contribution in [1.82, 2.24) is 9.55 Å². The van der Waals surface area contributed by atoms with Gasteiger partial charge < -0.3 is 4.57 Å². The molecule has 0 spiro atoms. The van der Waals surface area contributed by atoms with Crippen LogP contribution in [-0.2, 0) is 13.5 Å². The molecule has 0 saturated heterocycles. The van der Waals surface area contributed by atoms with Crippen molar-refractivity contribution < 1.29 is 0 Å². The lowest BCUT2D eigenvalue weighted by atomic mass is 10.1. The highest BCUT2D eigenvalue weighted by atomic mass is 15.0. The summed E-state index contributed by atoms with van der Waals surface area (Å²) in [6.07, 6.45) is 7.03. The third-order valence-electron chi connectivity index (χ3n) is 3.37. The summed E-state index contributed by atoms with van der Waals surface area (Å²) in [5, 5.41) is 1.30. The Kier molecular flexibility index (Phi) is 2.15. The van der Waals surface area contributed by atoms with Gasteiger partial charge in [0.15, 0.2) is 0 Å². The van der Waals surface area contributed by atoms with Crippen molar-refractivity contribution >= 4 is 17.1 Å². The van der Waals surface area contributed by atoms with Crippen molar-refractivity contribution in [3.63, 3.8) is 0 Å². The van der Waals surface area contributed by atoms with Crippen LogP contribution in [-0.4, -0.2) is 15.8 Å². The van der Waals surface area contributed by atoms with Crippen molar-refractivity contribution in [2.75, 3.05) is 0 Å². The summed E-state index contributed by atoms with van der Waals surface area (Å²) in [7, 11) is 2.07. The van der Waals surface area contributed by atoms with Crippen molar-refractivity contribution in [1.29, 1.82) is 0 Å². The van der Waals surface area contributed by atoms with E-state index in [9.17, 15) is 0 Å². The standard InChI is InChI=1S/C14H15N3/c1-9-4-5-11-12-6-10(2)16-8-14(12)17(3)13(11)7-15-9/h4,6-8H,5H2,1-3H3. The molecule has 0 radical (unpaired) electrons. The molecule has 2 aromatic rings. The van der Waals surface area contributed by atoms with Crippen LogP contribution in [0.25, 0.3) is 10.9 Å². The number of aromatic nitrogens is 2. The molecule has 0 aromatic carbocycles. The Bertz CT molecular complexity index is 660. The van der Waals surface area contributed by atoms with E-state index in [-0.39, 0.29) is 0 Å². The van der Waals surface area contributed by atoms with Gasteiger partial charge in [0.2, 0.25) is 0 Å². The zero-order chi connectivity index (χ0) is 12.0. The van der Waals surface area contributed by atoms with Crippen LogP contribution in [0.3, 0.4) is 0 Å². The molecule has 0 atom stereocenters. The van der Waals surface area contributed by atoms with E-state index < -0.39 is 0 Å². The molecule has 2 aromatic heterocycles. The van der Waals surface area contributed by atoms with E-state index in [1.165, 1.54) is 22.2 Å². The number of allylic oxidation sites excluding steroid dienone is 2. The van der Waals surface area contributed by atoms with E-state index in [4.69, 9.17) is 0 Å². The minimum atomic E-state index is 0.946. The maximum Gasteiger partial charge on any atom is 0.0672 e. The second-order valence-electron chi connectivity index (χ2n) is 4.57. The molecule has 17 heavy (non-hydrogen) atoms. The van der Waals surface area contributed by atoms with Crippen LogP contribution in [0, 0.1) is 6.92 Å². The first kappa shape index (κ1) is 10.3. The maximum absolute atomic E-state index is 4.44. The summed E-state index contributed by atoms with van der Waals surface area (Å²) >= 11 is 0.